The number of aromatic nitrogens is 1. The molecule has 0 aliphatic carbocycles. The molecule has 1 aromatic heterocycles. The van der Waals surface area contributed by atoms with Crippen LogP contribution in [0.3, 0.4) is 0 Å². The van der Waals surface area contributed by atoms with Gasteiger partial charge in [-0.3, -0.25) is 0 Å². The number of fused-ring (bicyclic) bond motifs is 1. The molecule has 0 unspecified atom stereocenters. The van der Waals surface area contributed by atoms with E-state index in [2.05, 4.69) is 4.98 Å². The summed E-state index contributed by atoms with van der Waals surface area (Å²) in [6.45, 7) is 3.58. The van der Waals surface area contributed by atoms with Crippen LogP contribution in [-0.4, -0.2) is 15.2 Å². The number of hydrogen-bond acceptors (Lipinski definition) is 3. The van der Waals surface area contributed by atoms with Crippen molar-refractivity contribution in [2.45, 2.75) is 38.4 Å². The fourth-order valence-corrected chi connectivity index (χ4v) is 4.29. The van der Waals surface area contributed by atoms with Crippen LogP contribution in [0.4, 0.5) is 0 Å². The molecule has 0 radical (unpaired) electrons. The normalized spacial score (nSPS) is 13.0. The van der Waals surface area contributed by atoms with Gasteiger partial charge in [-0.2, -0.15) is 0 Å². The molecule has 0 saturated carbocycles. The lowest BCUT2D eigenvalue weighted by atomic mass is 9.89. The van der Waals surface area contributed by atoms with E-state index in [1.165, 1.54) is 0 Å². The molecule has 0 spiro atoms. The van der Waals surface area contributed by atoms with Gasteiger partial charge in [0.05, 0.1) is 22.9 Å². The van der Waals surface area contributed by atoms with Crippen molar-refractivity contribution < 1.29 is 10.2 Å². The average molecular weight is 458 g/mol. The second kappa shape index (κ2) is 9.88. The summed E-state index contributed by atoms with van der Waals surface area (Å²) in [6.07, 6.45) is 4.55. The highest BCUT2D eigenvalue weighted by Crippen LogP contribution is 2.28. The number of nitrogens with zero attached hydrogens (tertiary/aromatic N) is 1. The van der Waals surface area contributed by atoms with Crippen molar-refractivity contribution in [2.24, 2.45) is 0 Å². The molecule has 0 bridgehead atoms. The Morgan fingerprint density at radius 1 is 0.939 bits per heavy atom. The molecule has 168 valence electrons. The monoisotopic (exact) mass is 457 g/mol. The number of aliphatic hydroxyl groups excluding tert-OH is 1. The molecule has 1 atom stereocenters. The Bertz CT molecular complexity index is 1290. The third-order valence-electron chi connectivity index (χ3n) is 5.83. The fraction of sp³-hybridized carbons (Fsp3) is 0.207. The van der Waals surface area contributed by atoms with Crippen molar-refractivity contribution in [3.8, 4) is 0 Å². The summed E-state index contributed by atoms with van der Waals surface area (Å²) in [5.74, 6) is 0. The highest BCUT2D eigenvalue weighted by molar-refractivity contribution is 6.31. The van der Waals surface area contributed by atoms with E-state index in [4.69, 9.17) is 11.6 Å². The maximum atomic E-state index is 11.0. The minimum atomic E-state index is -0.917. The minimum Gasteiger partial charge on any atom is -0.388 e. The van der Waals surface area contributed by atoms with Crippen molar-refractivity contribution in [2.75, 3.05) is 0 Å². The van der Waals surface area contributed by atoms with Crippen LogP contribution in [0.5, 0.6) is 0 Å². The zero-order chi connectivity index (χ0) is 23.4. The molecule has 0 aliphatic heterocycles. The Kier molecular flexibility index (Phi) is 6.94. The molecule has 0 aliphatic rings. The second-order valence-corrected chi connectivity index (χ2v) is 9.24. The summed E-state index contributed by atoms with van der Waals surface area (Å²) in [5, 5.41) is 23.2. The molecule has 0 saturated heterocycles. The van der Waals surface area contributed by atoms with Crippen LogP contribution in [-0.2, 0) is 12.0 Å². The van der Waals surface area contributed by atoms with Crippen molar-refractivity contribution in [1.29, 1.82) is 0 Å². The Morgan fingerprint density at radius 3 is 2.48 bits per heavy atom. The van der Waals surface area contributed by atoms with Gasteiger partial charge in [0.15, 0.2) is 0 Å². The van der Waals surface area contributed by atoms with E-state index in [0.29, 0.717) is 17.9 Å². The molecule has 4 rings (SSSR count). The smallest absolute Gasteiger partial charge is 0.0843 e. The maximum Gasteiger partial charge on any atom is 0.0843 e. The van der Waals surface area contributed by atoms with E-state index >= 15 is 0 Å². The molecule has 4 heteroatoms. The van der Waals surface area contributed by atoms with Gasteiger partial charge in [-0.15, -0.1) is 0 Å². The fourth-order valence-electron chi connectivity index (χ4n) is 4.12. The Morgan fingerprint density at radius 2 is 1.67 bits per heavy atom. The summed E-state index contributed by atoms with van der Waals surface area (Å²) < 4.78 is 0. The van der Waals surface area contributed by atoms with E-state index < -0.39 is 11.7 Å². The lowest BCUT2D eigenvalue weighted by molar-refractivity contribution is 0.0772. The van der Waals surface area contributed by atoms with E-state index in [1.807, 2.05) is 91.0 Å². The van der Waals surface area contributed by atoms with E-state index in [9.17, 15) is 10.2 Å². The predicted molar refractivity (Wildman–Crippen MR) is 137 cm³/mol. The second-order valence-electron chi connectivity index (χ2n) is 8.81. The van der Waals surface area contributed by atoms with Crippen molar-refractivity contribution in [3.63, 3.8) is 0 Å². The third kappa shape index (κ3) is 5.69. The van der Waals surface area contributed by atoms with Gasteiger partial charge in [-0.1, -0.05) is 78.3 Å². The third-order valence-corrected chi connectivity index (χ3v) is 6.06. The zero-order valence-corrected chi connectivity index (χ0v) is 19.6. The van der Waals surface area contributed by atoms with Gasteiger partial charge in [0, 0.05) is 10.4 Å². The molecule has 4 aromatic rings. The molecular weight excluding hydrogens is 430 g/mol. The van der Waals surface area contributed by atoms with Crippen LogP contribution >= 0.6 is 11.6 Å². The quantitative estimate of drug-likeness (QED) is 0.315. The summed E-state index contributed by atoms with van der Waals surface area (Å²) in [7, 11) is 0. The number of rotatable bonds is 7. The van der Waals surface area contributed by atoms with Gasteiger partial charge < -0.3 is 10.2 Å². The number of hydrogen-bond donors (Lipinski definition) is 2. The molecule has 2 N–H and O–H groups in total. The first-order valence-corrected chi connectivity index (χ1v) is 11.5. The van der Waals surface area contributed by atoms with Crippen LogP contribution < -0.4 is 0 Å². The summed E-state index contributed by atoms with van der Waals surface area (Å²) in [4.78, 5) is 4.68. The van der Waals surface area contributed by atoms with Gasteiger partial charge in [-0.05, 0) is 73.2 Å². The standard InChI is InChI=1S/C29H28ClNO2/c1-29(2,33)26-10-6-4-8-21(26)14-18-28(32)25-9-5-3-7-20(25)12-16-24-17-13-22-11-15-23(30)19-27(22)31-24/h3-13,15-17,19,28,32-33H,14,18H2,1-2H3/b16-12+/t28-/m0/s1. The van der Waals surface area contributed by atoms with Crippen molar-refractivity contribution >= 4 is 34.7 Å². The van der Waals surface area contributed by atoms with Crippen LogP contribution in [0, 0.1) is 0 Å². The number of benzene rings is 3. The number of halogens is 1. The maximum absolute atomic E-state index is 11.0. The lowest BCUT2D eigenvalue weighted by Gasteiger charge is -2.22. The highest BCUT2D eigenvalue weighted by Gasteiger charge is 2.20. The lowest BCUT2D eigenvalue weighted by Crippen LogP contribution is -2.18. The molecule has 1 heterocycles. The number of aryl methyl sites for hydroxylation is 1. The van der Waals surface area contributed by atoms with Crippen LogP contribution in [0.15, 0.2) is 78.9 Å². The topological polar surface area (TPSA) is 53.4 Å². The Balaban J connectivity index is 1.53. The Labute approximate surface area is 200 Å². The summed E-state index contributed by atoms with van der Waals surface area (Å²) in [6, 6.07) is 25.4. The number of pyridine rings is 1. The van der Waals surface area contributed by atoms with Gasteiger partial charge >= 0.3 is 0 Å². The van der Waals surface area contributed by atoms with Crippen molar-refractivity contribution in [1.82, 2.24) is 4.98 Å². The first kappa shape index (κ1) is 23.2. The van der Waals surface area contributed by atoms with Gasteiger partial charge in [-0.25, -0.2) is 4.98 Å². The van der Waals surface area contributed by atoms with Crippen LogP contribution in [0.2, 0.25) is 5.02 Å². The van der Waals surface area contributed by atoms with E-state index in [-0.39, 0.29) is 0 Å². The van der Waals surface area contributed by atoms with Gasteiger partial charge in [0.25, 0.3) is 0 Å². The highest BCUT2D eigenvalue weighted by atomic mass is 35.5. The number of aliphatic hydroxyl groups is 2. The van der Waals surface area contributed by atoms with Gasteiger partial charge in [0.1, 0.15) is 0 Å². The molecule has 3 aromatic carbocycles. The first-order chi connectivity index (χ1) is 15.8. The zero-order valence-electron chi connectivity index (χ0n) is 18.9. The SMILES string of the molecule is CC(C)(O)c1ccccc1CC[C@H](O)c1ccccc1/C=C/c1ccc2ccc(Cl)cc2n1. The first-order valence-electron chi connectivity index (χ1n) is 11.1. The minimum absolute atomic E-state index is 0.560. The van der Waals surface area contributed by atoms with Crippen molar-refractivity contribution in [3.05, 3.63) is 112 Å². The average Bonchev–Trinajstić information content (AvgIpc) is 2.80. The molecule has 3 nitrogen and oxygen atoms in total. The van der Waals surface area contributed by atoms with Crippen LogP contribution in [0.1, 0.15) is 54.3 Å². The van der Waals surface area contributed by atoms with E-state index in [0.717, 1.165) is 38.9 Å². The Hall–Kier alpha value is -2.98. The predicted octanol–water partition coefficient (Wildman–Crippen LogP) is 6.95. The molecular formula is C29H28ClNO2. The van der Waals surface area contributed by atoms with E-state index in [1.54, 1.807) is 13.8 Å². The molecule has 0 fully saturated rings. The summed E-state index contributed by atoms with van der Waals surface area (Å²) in [5.41, 5.74) is 4.53. The molecule has 0 amide bonds. The van der Waals surface area contributed by atoms with Crippen LogP contribution in [0.25, 0.3) is 23.1 Å². The summed E-state index contributed by atoms with van der Waals surface area (Å²) >= 11 is 6.11. The molecule has 33 heavy (non-hydrogen) atoms. The largest absolute Gasteiger partial charge is 0.388 e. The van der Waals surface area contributed by atoms with Gasteiger partial charge in [0.2, 0.25) is 0 Å².